The van der Waals surface area contributed by atoms with Crippen molar-refractivity contribution < 1.29 is 9.47 Å². The summed E-state index contributed by atoms with van der Waals surface area (Å²) in [5.74, 6) is 2.00. The molecule has 162 valence electrons. The number of methoxy groups -OCH3 is 1. The van der Waals surface area contributed by atoms with Crippen molar-refractivity contribution in [1.82, 2.24) is 19.1 Å². The molecule has 0 saturated carbocycles. The van der Waals surface area contributed by atoms with E-state index in [0.29, 0.717) is 49.2 Å². The van der Waals surface area contributed by atoms with E-state index in [1.807, 2.05) is 35.8 Å². The number of imidazole rings is 1. The average molecular weight is 415 g/mol. The van der Waals surface area contributed by atoms with E-state index in [4.69, 9.17) is 14.5 Å². The van der Waals surface area contributed by atoms with E-state index in [-0.39, 0.29) is 0 Å². The monoisotopic (exact) mass is 414 g/mol. The van der Waals surface area contributed by atoms with E-state index < -0.39 is 11.2 Å². The van der Waals surface area contributed by atoms with E-state index in [1.54, 1.807) is 7.11 Å². The number of H-pyrrole nitrogens is 1. The molecule has 0 aliphatic rings. The quantitative estimate of drug-likeness (QED) is 0.551. The molecular formula is C22H30N4O4. The third kappa shape index (κ3) is 4.64. The lowest BCUT2D eigenvalue weighted by molar-refractivity contribution is 0.188. The summed E-state index contributed by atoms with van der Waals surface area (Å²) >= 11 is 0. The van der Waals surface area contributed by atoms with Gasteiger partial charge >= 0.3 is 5.69 Å². The first-order valence-electron chi connectivity index (χ1n) is 10.4. The lowest BCUT2D eigenvalue weighted by atomic mass is 10.1. The Morgan fingerprint density at radius 2 is 1.80 bits per heavy atom. The predicted molar refractivity (Wildman–Crippen MR) is 117 cm³/mol. The van der Waals surface area contributed by atoms with Gasteiger partial charge in [0.1, 0.15) is 11.6 Å². The summed E-state index contributed by atoms with van der Waals surface area (Å²) in [5, 5.41) is 0. The molecule has 1 N–H and O–H groups in total. The standard InChI is InChI=1S/C22H30N4O4/c1-5-11-26-20-18(21(27)24-22(26)28)25(12-14-29-4)19(23-20)16-6-8-17(9-7-16)30-13-10-15(2)3/h6-9,15H,5,10-14H2,1-4H3,(H,24,27,28). The zero-order chi connectivity index (χ0) is 21.7. The fourth-order valence-electron chi connectivity index (χ4n) is 3.34. The number of aryl methyl sites for hydroxylation is 1. The second-order valence-corrected chi connectivity index (χ2v) is 7.72. The van der Waals surface area contributed by atoms with Crippen molar-refractivity contribution in [3.05, 3.63) is 45.1 Å². The molecular weight excluding hydrogens is 384 g/mol. The van der Waals surface area contributed by atoms with Crippen LogP contribution in [0.5, 0.6) is 5.75 Å². The highest BCUT2D eigenvalue weighted by molar-refractivity contribution is 5.77. The third-order valence-electron chi connectivity index (χ3n) is 4.93. The van der Waals surface area contributed by atoms with Crippen LogP contribution in [0, 0.1) is 5.92 Å². The van der Waals surface area contributed by atoms with Gasteiger partial charge in [0, 0.05) is 25.8 Å². The summed E-state index contributed by atoms with van der Waals surface area (Å²) in [5.41, 5.74) is 0.742. The van der Waals surface area contributed by atoms with E-state index in [1.165, 1.54) is 4.57 Å². The summed E-state index contributed by atoms with van der Waals surface area (Å²) in [4.78, 5) is 32.1. The third-order valence-corrected chi connectivity index (χ3v) is 4.93. The molecule has 1 aromatic carbocycles. The van der Waals surface area contributed by atoms with E-state index in [0.717, 1.165) is 24.2 Å². The summed E-state index contributed by atoms with van der Waals surface area (Å²) < 4.78 is 14.4. The molecule has 0 aliphatic heterocycles. The zero-order valence-corrected chi connectivity index (χ0v) is 18.1. The molecule has 8 heteroatoms. The fourth-order valence-corrected chi connectivity index (χ4v) is 3.34. The summed E-state index contributed by atoms with van der Waals surface area (Å²) in [6, 6.07) is 7.65. The lowest BCUT2D eigenvalue weighted by Gasteiger charge is -2.10. The van der Waals surface area contributed by atoms with Crippen molar-refractivity contribution in [3.8, 4) is 17.1 Å². The molecule has 0 bridgehead atoms. The highest BCUT2D eigenvalue weighted by atomic mass is 16.5. The second-order valence-electron chi connectivity index (χ2n) is 7.72. The Balaban J connectivity index is 2.06. The number of nitrogens with one attached hydrogen (secondary N) is 1. The highest BCUT2D eigenvalue weighted by Gasteiger charge is 2.19. The van der Waals surface area contributed by atoms with Gasteiger partial charge in [0.2, 0.25) is 0 Å². The van der Waals surface area contributed by atoms with E-state index in [2.05, 4.69) is 18.8 Å². The Labute approximate surface area is 175 Å². The average Bonchev–Trinajstić information content (AvgIpc) is 3.09. The van der Waals surface area contributed by atoms with Crippen LogP contribution in [0.25, 0.3) is 22.6 Å². The first kappa shape index (κ1) is 21.8. The topological polar surface area (TPSA) is 91.1 Å². The van der Waals surface area contributed by atoms with Gasteiger partial charge in [-0.1, -0.05) is 20.8 Å². The molecule has 2 aromatic heterocycles. The van der Waals surface area contributed by atoms with Crippen molar-refractivity contribution in [2.75, 3.05) is 20.3 Å². The smallest absolute Gasteiger partial charge is 0.330 e. The summed E-state index contributed by atoms with van der Waals surface area (Å²) in [7, 11) is 1.61. The minimum Gasteiger partial charge on any atom is -0.494 e. The molecule has 0 radical (unpaired) electrons. The Morgan fingerprint density at radius 1 is 1.07 bits per heavy atom. The van der Waals surface area contributed by atoms with Crippen molar-refractivity contribution in [2.45, 2.75) is 46.7 Å². The van der Waals surface area contributed by atoms with Crippen molar-refractivity contribution in [2.24, 2.45) is 5.92 Å². The van der Waals surface area contributed by atoms with Gasteiger partial charge in [-0.05, 0) is 43.0 Å². The minimum atomic E-state index is -0.439. The number of aromatic nitrogens is 4. The normalized spacial score (nSPS) is 11.5. The number of fused-ring (bicyclic) bond motifs is 1. The maximum Gasteiger partial charge on any atom is 0.330 e. The van der Waals surface area contributed by atoms with Crippen LogP contribution in [-0.4, -0.2) is 39.4 Å². The molecule has 0 aliphatic carbocycles. The number of ether oxygens (including phenoxy) is 2. The Morgan fingerprint density at radius 3 is 2.43 bits per heavy atom. The maximum atomic E-state index is 12.6. The molecule has 3 rings (SSSR count). The molecule has 3 aromatic rings. The Bertz CT molecular complexity index is 1090. The Hall–Kier alpha value is -2.87. The Kier molecular flexibility index (Phi) is 7.10. The number of benzene rings is 1. The van der Waals surface area contributed by atoms with Crippen LogP contribution in [0.3, 0.4) is 0 Å². The molecule has 0 unspecified atom stereocenters. The highest BCUT2D eigenvalue weighted by Crippen LogP contribution is 2.25. The zero-order valence-electron chi connectivity index (χ0n) is 18.1. The lowest BCUT2D eigenvalue weighted by Crippen LogP contribution is -2.31. The largest absolute Gasteiger partial charge is 0.494 e. The first-order valence-corrected chi connectivity index (χ1v) is 10.4. The first-order chi connectivity index (χ1) is 14.5. The van der Waals surface area contributed by atoms with Gasteiger partial charge in [-0.2, -0.15) is 0 Å². The number of nitrogens with zero attached hydrogens (tertiary/aromatic N) is 3. The molecule has 0 amide bonds. The van der Waals surface area contributed by atoms with Gasteiger partial charge in [-0.15, -0.1) is 0 Å². The number of aromatic amines is 1. The molecule has 0 fully saturated rings. The van der Waals surface area contributed by atoms with Crippen LogP contribution in [0.15, 0.2) is 33.9 Å². The molecule has 0 atom stereocenters. The molecule has 30 heavy (non-hydrogen) atoms. The van der Waals surface area contributed by atoms with Crippen molar-refractivity contribution in [3.63, 3.8) is 0 Å². The van der Waals surface area contributed by atoms with Gasteiger partial charge in [0.25, 0.3) is 5.56 Å². The minimum absolute atomic E-state index is 0.382. The van der Waals surface area contributed by atoms with Crippen LogP contribution in [-0.2, 0) is 17.8 Å². The van der Waals surface area contributed by atoms with Crippen LogP contribution in [0.1, 0.15) is 33.6 Å². The van der Waals surface area contributed by atoms with Crippen LogP contribution >= 0.6 is 0 Å². The van der Waals surface area contributed by atoms with Gasteiger partial charge < -0.3 is 14.0 Å². The number of hydrogen-bond acceptors (Lipinski definition) is 5. The predicted octanol–water partition coefficient (Wildman–Crippen LogP) is 3.03. The van der Waals surface area contributed by atoms with E-state index in [9.17, 15) is 9.59 Å². The second kappa shape index (κ2) is 9.75. The molecule has 0 saturated heterocycles. The van der Waals surface area contributed by atoms with Crippen molar-refractivity contribution in [1.29, 1.82) is 0 Å². The fraction of sp³-hybridized carbons (Fsp3) is 0.500. The van der Waals surface area contributed by atoms with Crippen LogP contribution in [0.2, 0.25) is 0 Å². The van der Waals surface area contributed by atoms with Crippen LogP contribution in [0.4, 0.5) is 0 Å². The molecule has 2 heterocycles. The van der Waals surface area contributed by atoms with E-state index >= 15 is 0 Å². The van der Waals surface area contributed by atoms with Gasteiger partial charge in [-0.25, -0.2) is 9.78 Å². The molecule has 0 spiro atoms. The van der Waals surface area contributed by atoms with Crippen molar-refractivity contribution >= 4 is 11.2 Å². The number of hydrogen-bond donors (Lipinski definition) is 1. The molecule has 8 nitrogen and oxygen atoms in total. The summed E-state index contributed by atoms with van der Waals surface area (Å²) in [6.45, 7) is 8.32. The van der Waals surface area contributed by atoms with Gasteiger partial charge in [0.05, 0.1) is 13.2 Å². The maximum absolute atomic E-state index is 12.6. The van der Waals surface area contributed by atoms with Gasteiger partial charge in [-0.3, -0.25) is 14.3 Å². The summed E-state index contributed by atoms with van der Waals surface area (Å²) in [6.07, 6.45) is 1.75. The number of rotatable bonds is 10. The van der Waals surface area contributed by atoms with Crippen LogP contribution < -0.4 is 16.0 Å². The SMILES string of the molecule is CCCn1c(=O)[nH]c(=O)c2c1nc(-c1ccc(OCCC(C)C)cc1)n2CCOC. The van der Waals surface area contributed by atoms with Gasteiger partial charge in [0.15, 0.2) is 11.2 Å².